The molecule has 3 N–H and O–H groups in total. The number of benzene rings is 2. The highest BCUT2D eigenvalue weighted by atomic mass is 16.5. The number of nitrogens with one attached hydrogen (secondary N) is 3. The number of carbonyl (C=O) groups excluding carboxylic acids is 2. The Bertz CT molecular complexity index is 900. The van der Waals surface area contributed by atoms with E-state index in [9.17, 15) is 9.59 Å². The average Bonchev–Trinajstić information content (AvgIpc) is 3.17. The monoisotopic (exact) mass is 397 g/mol. The Morgan fingerprint density at radius 1 is 1.07 bits per heavy atom. The van der Waals surface area contributed by atoms with Gasteiger partial charge in [0, 0.05) is 25.2 Å². The molecule has 0 saturated carbocycles. The standard InChI is InChI=1S/C21H23N3O5/c1-27-17-7-4-14-8-18(17)28-12-20(25)23-9-13-2-5-15(6-3-13)29-19-11-22-10-16(19)24-21(14)26/h2-8,16,19,22H,9-12H2,1H3,(H,23,25)(H,24,26)/t16-,19-/m0/s1. The Kier molecular flexibility index (Phi) is 5.53. The first-order chi connectivity index (χ1) is 14.1. The molecule has 8 heteroatoms. The minimum Gasteiger partial charge on any atom is -0.493 e. The normalized spacial score (nSPS) is 21.8. The van der Waals surface area contributed by atoms with E-state index in [1.54, 1.807) is 18.2 Å². The lowest BCUT2D eigenvalue weighted by Crippen LogP contribution is -2.45. The summed E-state index contributed by atoms with van der Waals surface area (Å²) in [6.07, 6.45) is -0.186. The fraction of sp³-hybridized carbons (Fsp3) is 0.333. The minimum atomic E-state index is -0.271. The maximum atomic E-state index is 12.8. The van der Waals surface area contributed by atoms with Gasteiger partial charge in [0.1, 0.15) is 11.9 Å². The Hall–Kier alpha value is -3.26. The lowest BCUT2D eigenvalue weighted by molar-refractivity contribution is -0.123. The first-order valence-electron chi connectivity index (χ1n) is 9.47. The maximum absolute atomic E-state index is 12.8. The van der Waals surface area contributed by atoms with Crippen LogP contribution in [0, 0.1) is 0 Å². The van der Waals surface area contributed by atoms with Crippen LogP contribution in [-0.2, 0) is 11.3 Å². The molecule has 1 saturated heterocycles. The summed E-state index contributed by atoms with van der Waals surface area (Å²) in [5, 5.41) is 9.08. The molecule has 29 heavy (non-hydrogen) atoms. The Balaban J connectivity index is 1.62. The molecular weight excluding hydrogens is 374 g/mol. The molecule has 0 aliphatic carbocycles. The van der Waals surface area contributed by atoms with Crippen LogP contribution >= 0.6 is 0 Å². The van der Waals surface area contributed by atoms with Crippen LogP contribution in [0.15, 0.2) is 42.5 Å². The van der Waals surface area contributed by atoms with Gasteiger partial charge in [0.15, 0.2) is 18.1 Å². The predicted octanol–water partition coefficient (Wildman–Crippen LogP) is 0.853. The van der Waals surface area contributed by atoms with E-state index in [0.29, 0.717) is 42.4 Å². The van der Waals surface area contributed by atoms with Gasteiger partial charge < -0.3 is 30.2 Å². The summed E-state index contributed by atoms with van der Waals surface area (Å²) >= 11 is 0. The van der Waals surface area contributed by atoms with Crippen LogP contribution in [0.2, 0.25) is 0 Å². The van der Waals surface area contributed by atoms with Crippen molar-refractivity contribution in [2.75, 3.05) is 26.8 Å². The predicted molar refractivity (Wildman–Crippen MR) is 105 cm³/mol. The van der Waals surface area contributed by atoms with Gasteiger partial charge in [-0.1, -0.05) is 12.1 Å². The van der Waals surface area contributed by atoms with Gasteiger partial charge >= 0.3 is 0 Å². The number of carbonyl (C=O) groups is 2. The van der Waals surface area contributed by atoms with E-state index in [0.717, 1.165) is 5.56 Å². The van der Waals surface area contributed by atoms with Crippen LogP contribution in [0.5, 0.6) is 17.2 Å². The molecule has 2 aromatic rings. The molecule has 3 aliphatic rings. The molecule has 8 nitrogen and oxygen atoms in total. The zero-order valence-corrected chi connectivity index (χ0v) is 16.1. The van der Waals surface area contributed by atoms with E-state index in [2.05, 4.69) is 16.0 Å². The molecule has 2 atom stereocenters. The molecule has 5 rings (SSSR count). The summed E-state index contributed by atoms with van der Waals surface area (Å²) in [6.45, 7) is 1.46. The van der Waals surface area contributed by atoms with Gasteiger partial charge in [-0.15, -0.1) is 0 Å². The number of ether oxygens (including phenoxy) is 3. The van der Waals surface area contributed by atoms with Gasteiger partial charge in [-0.3, -0.25) is 9.59 Å². The summed E-state index contributed by atoms with van der Waals surface area (Å²) in [7, 11) is 1.51. The van der Waals surface area contributed by atoms with Crippen LogP contribution in [0.3, 0.4) is 0 Å². The Morgan fingerprint density at radius 2 is 1.90 bits per heavy atom. The van der Waals surface area contributed by atoms with Gasteiger partial charge in [0.05, 0.1) is 13.2 Å². The van der Waals surface area contributed by atoms with Crippen molar-refractivity contribution < 1.29 is 23.8 Å². The SMILES string of the molecule is COc1ccc2cc1OCC(=O)NCc1ccc(cc1)O[C@H]1CNC[C@@H]1NC2=O. The van der Waals surface area contributed by atoms with Crippen LogP contribution in [0.25, 0.3) is 0 Å². The van der Waals surface area contributed by atoms with Crippen molar-refractivity contribution in [2.45, 2.75) is 18.7 Å². The molecule has 4 bridgehead atoms. The first kappa shape index (κ1) is 19.1. The summed E-state index contributed by atoms with van der Waals surface area (Å²) in [5.41, 5.74) is 1.36. The molecule has 0 unspecified atom stereocenters. The van der Waals surface area contributed by atoms with Crippen molar-refractivity contribution in [3.05, 3.63) is 53.6 Å². The van der Waals surface area contributed by atoms with Crippen molar-refractivity contribution in [2.24, 2.45) is 0 Å². The van der Waals surface area contributed by atoms with Crippen molar-refractivity contribution in [1.29, 1.82) is 0 Å². The van der Waals surface area contributed by atoms with Crippen LogP contribution in [0.4, 0.5) is 0 Å². The van der Waals surface area contributed by atoms with Crippen molar-refractivity contribution in [3.63, 3.8) is 0 Å². The van der Waals surface area contributed by atoms with Gasteiger partial charge in [0.2, 0.25) is 0 Å². The third-order valence-electron chi connectivity index (χ3n) is 4.96. The van der Waals surface area contributed by atoms with Crippen molar-refractivity contribution in [1.82, 2.24) is 16.0 Å². The molecule has 3 heterocycles. The number of hydrogen-bond acceptors (Lipinski definition) is 6. The third kappa shape index (κ3) is 4.43. The molecule has 2 amide bonds. The van der Waals surface area contributed by atoms with E-state index in [-0.39, 0.29) is 30.6 Å². The van der Waals surface area contributed by atoms with Gasteiger partial charge in [0.25, 0.3) is 11.8 Å². The molecule has 0 radical (unpaired) electrons. The number of hydrogen-bond donors (Lipinski definition) is 3. The highest BCUT2D eigenvalue weighted by Gasteiger charge is 2.30. The summed E-state index contributed by atoms with van der Waals surface area (Å²) in [4.78, 5) is 24.9. The van der Waals surface area contributed by atoms with E-state index >= 15 is 0 Å². The zero-order valence-electron chi connectivity index (χ0n) is 16.1. The fourth-order valence-corrected chi connectivity index (χ4v) is 3.36. The largest absolute Gasteiger partial charge is 0.493 e. The second kappa shape index (κ2) is 8.40. The molecule has 1 fully saturated rings. The molecule has 152 valence electrons. The summed E-state index contributed by atoms with van der Waals surface area (Å²) in [5.74, 6) is 0.982. The fourth-order valence-electron chi connectivity index (χ4n) is 3.36. The highest BCUT2D eigenvalue weighted by molar-refractivity contribution is 5.95. The van der Waals surface area contributed by atoms with Gasteiger partial charge in [-0.25, -0.2) is 0 Å². The lowest BCUT2D eigenvalue weighted by atomic mass is 10.1. The van der Waals surface area contributed by atoms with E-state index < -0.39 is 0 Å². The number of fused-ring (bicyclic) bond motifs is 7. The van der Waals surface area contributed by atoms with E-state index in [1.807, 2.05) is 24.3 Å². The van der Waals surface area contributed by atoms with Crippen molar-refractivity contribution >= 4 is 11.8 Å². The summed E-state index contributed by atoms with van der Waals surface area (Å²) in [6, 6.07) is 12.2. The van der Waals surface area contributed by atoms with Crippen LogP contribution in [0.1, 0.15) is 15.9 Å². The van der Waals surface area contributed by atoms with Gasteiger partial charge in [-0.2, -0.15) is 0 Å². The first-order valence-corrected chi connectivity index (χ1v) is 9.47. The maximum Gasteiger partial charge on any atom is 0.258 e. The molecular formula is C21H23N3O5. The third-order valence-corrected chi connectivity index (χ3v) is 4.96. The van der Waals surface area contributed by atoms with E-state index in [4.69, 9.17) is 14.2 Å². The quantitative estimate of drug-likeness (QED) is 0.660. The average molecular weight is 397 g/mol. The summed E-state index contributed by atoms with van der Waals surface area (Å²) < 4.78 is 17.0. The van der Waals surface area contributed by atoms with Gasteiger partial charge in [-0.05, 0) is 35.9 Å². The molecule has 0 aromatic heterocycles. The molecule has 3 aliphatic heterocycles. The number of methoxy groups -OCH3 is 1. The number of amides is 2. The molecule has 0 spiro atoms. The number of rotatable bonds is 1. The molecule has 2 aromatic carbocycles. The smallest absolute Gasteiger partial charge is 0.258 e. The van der Waals surface area contributed by atoms with E-state index in [1.165, 1.54) is 7.11 Å². The lowest BCUT2D eigenvalue weighted by Gasteiger charge is -2.22. The topological polar surface area (TPSA) is 97.9 Å². The second-order valence-corrected chi connectivity index (χ2v) is 6.97. The Labute approximate surface area is 168 Å². The zero-order chi connectivity index (χ0) is 20.2. The van der Waals surface area contributed by atoms with Crippen molar-refractivity contribution in [3.8, 4) is 17.2 Å². The second-order valence-electron chi connectivity index (χ2n) is 6.97. The minimum absolute atomic E-state index is 0.174. The highest BCUT2D eigenvalue weighted by Crippen LogP contribution is 2.28. The van der Waals surface area contributed by atoms with Crippen LogP contribution in [-0.4, -0.2) is 50.8 Å². The Morgan fingerprint density at radius 3 is 2.69 bits per heavy atom. The van der Waals surface area contributed by atoms with Crippen LogP contribution < -0.4 is 30.2 Å².